The van der Waals surface area contributed by atoms with Gasteiger partial charge in [-0.1, -0.05) is 181 Å². The number of hydrogen-bond acceptors (Lipinski definition) is 4. The highest BCUT2D eigenvalue weighted by atomic mass is 16.5. The molecule has 55 heavy (non-hydrogen) atoms. The number of ether oxygens (including phenoxy) is 2. The lowest BCUT2D eigenvalue weighted by atomic mass is 10.0. The van der Waals surface area contributed by atoms with Crippen molar-refractivity contribution in [1.82, 2.24) is 9.13 Å². The van der Waals surface area contributed by atoms with Crippen molar-refractivity contribution in [3.63, 3.8) is 0 Å². The highest BCUT2D eigenvalue weighted by molar-refractivity contribution is 4.70. The minimum Gasteiger partial charge on any atom is -0.387 e. The number of aryl methyl sites for hydroxylation is 2. The Bertz CT molecular complexity index is 993. The lowest BCUT2D eigenvalue weighted by Gasteiger charge is -2.09. The Balaban J connectivity index is 1.38. The molecule has 0 spiro atoms. The zero-order valence-corrected chi connectivity index (χ0v) is 36.3. The van der Waals surface area contributed by atoms with Crippen molar-refractivity contribution in [2.45, 2.75) is 238 Å². The minimum absolute atomic E-state index is 0.393. The van der Waals surface area contributed by atoms with Gasteiger partial charge in [-0.15, -0.1) is 0 Å². The third-order valence-electron chi connectivity index (χ3n) is 11.1. The summed E-state index contributed by atoms with van der Waals surface area (Å²) in [4.78, 5) is 0. The first-order valence-corrected chi connectivity index (χ1v) is 23.7. The molecule has 0 aromatic carbocycles. The van der Waals surface area contributed by atoms with E-state index in [0.717, 1.165) is 45.6 Å². The van der Waals surface area contributed by atoms with Crippen molar-refractivity contribution in [3.8, 4) is 0 Å². The Kier molecular flexibility index (Phi) is 32.9. The maximum atomic E-state index is 10.5. The van der Waals surface area contributed by atoms with Gasteiger partial charge in [-0.2, -0.15) is 0 Å². The fourth-order valence-electron chi connectivity index (χ4n) is 7.62. The van der Waals surface area contributed by atoms with Crippen molar-refractivity contribution in [3.05, 3.63) is 37.4 Å². The van der Waals surface area contributed by atoms with E-state index in [0.29, 0.717) is 26.3 Å². The highest BCUT2D eigenvalue weighted by Gasteiger charge is 2.13. The van der Waals surface area contributed by atoms with Crippen molar-refractivity contribution in [2.24, 2.45) is 0 Å². The lowest BCUT2D eigenvalue weighted by molar-refractivity contribution is -0.703. The monoisotopic (exact) mass is 775 g/mol. The summed E-state index contributed by atoms with van der Waals surface area (Å²) in [5.74, 6) is 0. The molecule has 0 saturated heterocycles. The van der Waals surface area contributed by atoms with Crippen LogP contribution >= 0.6 is 0 Å². The Labute approximate surface area is 339 Å². The maximum Gasteiger partial charge on any atom is 0.243 e. The molecule has 2 aromatic heterocycles. The molecule has 0 radical (unpaired) electrons. The van der Waals surface area contributed by atoms with E-state index in [1.54, 1.807) is 0 Å². The van der Waals surface area contributed by atoms with E-state index in [9.17, 15) is 10.2 Å². The summed E-state index contributed by atoms with van der Waals surface area (Å²) in [6.07, 6.45) is 50.4. The molecule has 2 atom stereocenters. The number of hydrogen-bond donors (Lipinski definition) is 2. The van der Waals surface area contributed by atoms with Gasteiger partial charge in [-0.25, -0.2) is 18.3 Å². The van der Waals surface area contributed by atoms with Crippen molar-refractivity contribution in [2.75, 3.05) is 26.4 Å². The first-order chi connectivity index (χ1) is 27.1. The van der Waals surface area contributed by atoms with Crippen LogP contribution in [0.3, 0.4) is 0 Å². The molecule has 320 valence electrons. The van der Waals surface area contributed by atoms with Crippen molar-refractivity contribution < 1.29 is 28.8 Å². The van der Waals surface area contributed by atoms with Crippen LogP contribution < -0.4 is 9.13 Å². The molecule has 2 heterocycles. The second-order valence-electron chi connectivity index (χ2n) is 16.7. The van der Waals surface area contributed by atoms with Gasteiger partial charge in [0.2, 0.25) is 12.7 Å². The average molecular weight is 775 g/mol. The first kappa shape index (κ1) is 49.4. The third kappa shape index (κ3) is 30.1. The smallest absolute Gasteiger partial charge is 0.243 e. The van der Waals surface area contributed by atoms with E-state index in [-0.39, 0.29) is 0 Å². The Hall–Kier alpha value is -1.74. The number of aromatic nitrogens is 4. The molecule has 0 aliphatic carbocycles. The van der Waals surface area contributed by atoms with Crippen LogP contribution in [0.4, 0.5) is 0 Å². The van der Waals surface area contributed by atoms with Gasteiger partial charge in [-0.05, 0) is 12.8 Å². The molecular weight excluding hydrogens is 685 g/mol. The van der Waals surface area contributed by atoms with Crippen molar-refractivity contribution in [1.29, 1.82) is 0 Å². The summed E-state index contributed by atoms with van der Waals surface area (Å²) in [7, 11) is 0. The average Bonchev–Trinajstić information content (AvgIpc) is 3.83. The van der Waals surface area contributed by atoms with Crippen LogP contribution in [0, 0.1) is 0 Å². The summed E-state index contributed by atoms with van der Waals surface area (Å²) >= 11 is 0. The molecule has 2 N–H and O–H groups in total. The molecule has 0 amide bonds. The van der Waals surface area contributed by atoms with Crippen LogP contribution in [0.15, 0.2) is 37.4 Å². The second kappa shape index (κ2) is 36.6. The van der Waals surface area contributed by atoms with Gasteiger partial charge in [0.15, 0.2) is 0 Å². The number of imidazole rings is 2. The molecule has 8 nitrogen and oxygen atoms in total. The molecule has 0 aliphatic rings. The molecule has 8 heteroatoms. The summed E-state index contributed by atoms with van der Waals surface area (Å²) in [5.41, 5.74) is 0. The van der Waals surface area contributed by atoms with Crippen LogP contribution in [-0.4, -0.2) is 58.0 Å². The van der Waals surface area contributed by atoms with E-state index >= 15 is 0 Å². The topological polar surface area (TPSA) is 76.5 Å². The molecule has 2 aromatic rings. The van der Waals surface area contributed by atoms with E-state index in [1.165, 1.54) is 167 Å². The van der Waals surface area contributed by atoms with Crippen LogP contribution in [0.5, 0.6) is 0 Å². The van der Waals surface area contributed by atoms with Gasteiger partial charge in [0.25, 0.3) is 0 Å². The lowest BCUT2D eigenvalue weighted by Crippen LogP contribution is -2.40. The van der Waals surface area contributed by atoms with E-state index in [1.807, 2.05) is 21.5 Å². The SMILES string of the molecule is CCCCCCCCCCCCCCCCOCC(O)C[n+]1ccn(CCCn2cc[n+](CC(O)COCCCCCCCCCCCCCCCC)c2)c1. The molecule has 0 bridgehead atoms. The molecule has 0 saturated carbocycles. The van der Waals surface area contributed by atoms with Gasteiger partial charge in [0, 0.05) is 19.6 Å². The van der Waals surface area contributed by atoms with Gasteiger partial charge < -0.3 is 19.7 Å². The summed E-state index contributed by atoms with van der Waals surface area (Å²) in [5, 5.41) is 21.0. The standard InChI is InChI=1S/C47H90N4O4/c1-3-5-7-9-11-13-15-17-19-21-23-25-27-29-38-54-42-46(52)40-50-36-34-48(44-50)32-31-33-49-35-37-51(45-49)41-47(53)43-55-39-30-28-26-24-22-20-18-16-14-12-10-8-6-4-2/h34-37,44-47,52-53H,3-33,38-43H2,1-2H3/q+2. The predicted octanol–water partition coefficient (Wildman–Crippen LogP) is 10.7. The second-order valence-corrected chi connectivity index (χ2v) is 16.7. The number of aliphatic hydroxyl groups excluding tert-OH is 2. The maximum absolute atomic E-state index is 10.5. The number of nitrogens with zero attached hydrogens (tertiary/aromatic N) is 4. The fourth-order valence-corrected chi connectivity index (χ4v) is 7.62. The highest BCUT2D eigenvalue weighted by Crippen LogP contribution is 2.14. The van der Waals surface area contributed by atoms with Crippen LogP contribution in [0.1, 0.15) is 200 Å². The third-order valence-corrected chi connectivity index (χ3v) is 11.1. The van der Waals surface area contributed by atoms with Gasteiger partial charge in [-0.3, -0.25) is 0 Å². The number of unbranched alkanes of at least 4 members (excludes halogenated alkanes) is 26. The largest absolute Gasteiger partial charge is 0.387 e. The van der Waals surface area contributed by atoms with E-state index in [2.05, 4.69) is 48.0 Å². The van der Waals surface area contributed by atoms with Gasteiger partial charge in [0.05, 0.1) is 26.3 Å². The Morgan fingerprint density at radius 1 is 0.418 bits per heavy atom. The Morgan fingerprint density at radius 3 is 1.02 bits per heavy atom. The van der Waals surface area contributed by atoms with E-state index < -0.39 is 12.2 Å². The quantitative estimate of drug-likeness (QED) is 0.0520. The summed E-state index contributed by atoms with van der Waals surface area (Å²) in [6.45, 7) is 9.76. The predicted molar refractivity (Wildman–Crippen MR) is 228 cm³/mol. The van der Waals surface area contributed by atoms with Crippen LogP contribution in [0.25, 0.3) is 0 Å². The van der Waals surface area contributed by atoms with Gasteiger partial charge in [0.1, 0.15) is 50.1 Å². The zero-order valence-electron chi connectivity index (χ0n) is 36.3. The fraction of sp³-hybridized carbons (Fsp3) is 0.872. The number of aliphatic hydroxyl groups is 2. The van der Waals surface area contributed by atoms with E-state index in [4.69, 9.17) is 9.47 Å². The summed E-state index contributed by atoms with van der Waals surface area (Å²) < 4.78 is 20.0. The van der Waals surface area contributed by atoms with Gasteiger partial charge >= 0.3 is 0 Å². The normalized spacial score (nSPS) is 12.9. The molecule has 0 aliphatic heterocycles. The Morgan fingerprint density at radius 2 is 0.709 bits per heavy atom. The first-order valence-electron chi connectivity index (χ1n) is 23.7. The zero-order chi connectivity index (χ0) is 39.3. The molecule has 0 fully saturated rings. The summed E-state index contributed by atoms with van der Waals surface area (Å²) in [6, 6.07) is 0. The van der Waals surface area contributed by atoms with Crippen LogP contribution in [-0.2, 0) is 35.7 Å². The molecule has 2 rings (SSSR count). The molecule has 2 unspecified atom stereocenters. The molecular formula is C47H90N4O4+2. The minimum atomic E-state index is -0.493. The van der Waals surface area contributed by atoms with Crippen molar-refractivity contribution >= 4 is 0 Å². The number of rotatable bonds is 42. The van der Waals surface area contributed by atoms with Crippen LogP contribution in [0.2, 0.25) is 0 Å².